The first-order chi connectivity index (χ1) is 13.2. The molecule has 5 heteroatoms. The van der Waals surface area contributed by atoms with Crippen molar-refractivity contribution in [3.05, 3.63) is 66.2 Å². The van der Waals surface area contributed by atoms with Crippen molar-refractivity contribution in [3.8, 4) is 11.5 Å². The van der Waals surface area contributed by atoms with Gasteiger partial charge in [0.25, 0.3) is 0 Å². The molecule has 0 radical (unpaired) electrons. The molecule has 0 spiro atoms. The third-order valence-corrected chi connectivity index (χ3v) is 5.71. The number of benzene rings is 3. The Morgan fingerprint density at radius 1 is 1.00 bits per heavy atom. The van der Waals surface area contributed by atoms with Crippen LogP contribution in [-0.2, 0) is 10.5 Å². The Balaban J connectivity index is 1.36. The second-order valence-electron chi connectivity index (χ2n) is 6.48. The van der Waals surface area contributed by atoms with Gasteiger partial charge in [0.05, 0.1) is 5.25 Å². The smallest absolute Gasteiger partial charge is 0.237 e. The molecule has 138 valence electrons. The lowest BCUT2D eigenvalue weighted by Crippen LogP contribution is -2.23. The molecule has 0 saturated heterocycles. The average molecular weight is 379 g/mol. The number of anilines is 1. The fourth-order valence-corrected chi connectivity index (χ4v) is 3.82. The van der Waals surface area contributed by atoms with Crippen LogP contribution >= 0.6 is 11.8 Å². The van der Waals surface area contributed by atoms with Crippen molar-refractivity contribution in [2.24, 2.45) is 0 Å². The van der Waals surface area contributed by atoms with E-state index in [1.165, 1.54) is 16.3 Å². The Morgan fingerprint density at radius 3 is 2.63 bits per heavy atom. The number of amides is 1. The lowest BCUT2D eigenvalue weighted by atomic mass is 10.1. The van der Waals surface area contributed by atoms with Gasteiger partial charge in [0.15, 0.2) is 11.5 Å². The Hall–Kier alpha value is -2.66. The zero-order valence-corrected chi connectivity index (χ0v) is 15.9. The van der Waals surface area contributed by atoms with E-state index in [-0.39, 0.29) is 11.2 Å². The molecule has 0 aromatic heterocycles. The number of thioether (sulfide) groups is 1. The van der Waals surface area contributed by atoms with Crippen molar-refractivity contribution in [1.29, 1.82) is 0 Å². The van der Waals surface area contributed by atoms with Crippen LogP contribution in [0.2, 0.25) is 0 Å². The highest BCUT2D eigenvalue weighted by Crippen LogP contribution is 2.33. The number of carbonyl (C=O) groups excluding carboxylic acids is 1. The molecule has 1 aliphatic rings. The molecular weight excluding hydrogens is 358 g/mol. The number of rotatable bonds is 5. The van der Waals surface area contributed by atoms with Crippen molar-refractivity contribution >= 4 is 34.1 Å². The van der Waals surface area contributed by atoms with Gasteiger partial charge in [-0.05, 0) is 35.4 Å². The molecule has 27 heavy (non-hydrogen) atoms. The minimum Gasteiger partial charge on any atom is -0.486 e. The summed E-state index contributed by atoms with van der Waals surface area (Å²) in [5.74, 6) is 2.17. The van der Waals surface area contributed by atoms with Crippen molar-refractivity contribution in [1.82, 2.24) is 0 Å². The summed E-state index contributed by atoms with van der Waals surface area (Å²) in [6.07, 6.45) is 0. The zero-order chi connectivity index (χ0) is 18.6. The summed E-state index contributed by atoms with van der Waals surface area (Å²) in [7, 11) is 0. The topological polar surface area (TPSA) is 47.6 Å². The van der Waals surface area contributed by atoms with Crippen molar-refractivity contribution in [2.75, 3.05) is 18.5 Å². The first kappa shape index (κ1) is 17.7. The molecule has 4 nitrogen and oxygen atoms in total. The maximum Gasteiger partial charge on any atom is 0.237 e. The summed E-state index contributed by atoms with van der Waals surface area (Å²) < 4.78 is 11.1. The summed E-state index contributed by atoms with van der Waals surface area (Å²) in [6, 6.07) is 20.2. The van der Waals surface area contributed by atoms with Gasteiger partial charge in [0, 0.05) is 17.5 Å². The Labute approximate surface area is 162 Å². The molecule has 0 saturated carbocycles. The number of fused-ring (bicyclic) bond motifs is 2. The SMILES string of the molecule is CC(SCc1ccc2ccccc2c1)C(=O)Nc1ccc2c(c1)OCCO2. The molecule has 0 fully saturated rings. The van der Waals surface area contributed by atoms with Gasteiger partial charge in [-0.15, -0.1) is 11.8 Å². The fraction of sp³-hybridized carbons (Fsp3) is 0.227. The van der Waals surface area contributed by atoms with E-state index in [9.17, 15) is 4.79 Å². The van der Waals surface area contributed by atoms with E-state index in [1.54, 1.807) is 11.8 Å². The van der Waals surface area contributed by atoms with Gasteiger partial charge in [-0.25, -0.2) is 0 Å². The quantitative estimate of drug-likeness (QED) is 0.687. The summed E-state index contributed by atoms with van der Waals surface area (Å²) >= 11 is 1.63. The highest BCUT2D eigenvalue weighted by molar-refractivity contribution is 7.99. The summed E-state index contributed by atoms with van der Waals surface area (Å²) in [4.78, 5) is 12.5. The molecular formula is C22H21NO3S. The van der Waals surface area contributed by atoms with Crippen LogP contribution in [0.4, 0.5) is 5.69 Å². The molecule has 1 N–H and O–H groups in total. The van der Waals surface area contributed by atoms with Crippen molar-refractivity contribution < 1.29 is 14.3 Å². The van der Waals surface area contributed by atoms with Crippen LogP contribution in [0.5, 0.6) is 11.5 Å². The van der Waals surface area contributed by atoms with E-state index in [1.807, 2.05) is 37.3 Å². The minimum absolute atomic E-state index is 0.0162. The van der Waals surface area contributed by atoms with Gasteiger partial charge in [-0.3, -0.25) is 4.79 Å². The normalized spacial score (nSPS) is 14.0. The summed E-state index contributed by atoms with van der Waals surface area (Å²) in [5.41, 5.74) is 1.94. The minimum atomic E-state index is -0.162. The van der Waals surface area contributed by atoms with Gasteiger partial charge in [0.1, 0.15) is 13.2 Å². The number of carbonyl (C=O) groups is 1. The van der Waals surface area contributed by atoms with E-state index in [4.69, 9.17) is 9.47 Å². The summed E-state index contributed by atoms with van der Waals surface area (Å²) in [6.45, 7) is 3.02. The summed E-state index contributed by atoms with van der Waals surface area (Å²) in [5, 5.41) is 5.26. The lowest BCUT2D eigenvalue weighted by molar-refractivity contribution is -0.115. The van der Waals surface area contributed by atoms with Gasteiger partial charge in [0.2, 0.25) is 5.91 Å². The van der Waals surface area contributed by atoms with Crippen LogP contribution in [0.25, 0.3) is 10.8 Å². The Morgan fingerprint density at radius 2 is 1.78 bits per heavy atom. The van der Waals surface area contributed by atoms with Crippen molar-refractivity contribution in [3.63, 3.8) is 0 Å². The van der Waals surface area contributed by atoms with E-state index >= 15 is 0 Å². The average Bonchev–Trinajstić information content (AvgIpc) is 2.71. The number of nitrogens with one attached hydrogen (secondary N) is 1. The largest absolute Gasteiger partial charge is 0.486 e. The number of hydrogen-bond donors (Lipinski definition) is 1. The van der Waals surface area contributed by atoms with Gasteiger partial charge in [-0.2, -0.15) is 0 Å². The molecule has 1 amide bonds. The van der Waals surface area contributed by atoms with E-state index in [0.29, 0.717) is 19.0 Å². The molecule has 1 unspecified atom stereocenters. The predicted octanol–water partition coefficient (Wildman–Crippen LogP) is 4.87. The van der Waals surface area contributed by atoms with Gasteiger partial charge >= 0.3 is 0 Å². The number of hydrogen-bond acceptors (Lipinski definition) is 4. The zero-order valence-electron chi connectivity index (χ0n) is 15.1. The molecule has 4 rings (SSSR count). The van der Waals surface area contributed by atoms with Crippen LogP contribution in [0.1, 0.15) is 12.5 Å². The van der Waals surface area contributed by atoms with Gasteiger partial charge in [-0.1, -0.05) is 42.5 Å². The van der Waals surface area contributed by atoms with Gasteiger partial charge < -0.3 is 14.8 Å². The first-order valence-corrected chi connectivity index (χ1v) is 10.0. The molecule has 1 heterocycles. The van der Waals surface area contributed by atoms with Crippen LogP contribution in [0.15, 0.2) is 60.7 Å². The standard InChI is InChI=1S/C22H21NO3S/c1-15(27-14-16-6-7-17-4-2-3-5-18(17)12-16)22(24)23-19-8-9-20-21(13-19)26-11-10-25-20/h2-9,12-13,15H,10-11,14H2,1H3,(H,23,24). The van der Waals surface area contributed by atoms with Crippen LogP contribution in [0, 0.1) is 0 Å². The second-order valence-corrected chi connectivity index (χ2v) is 7.81. The fourth-order valence-electron chi connectivity index (χ4n) is 2.99. The van der Waals surface area contributed by atoms with E-state index < -0.39 is 0 Å². The van der Waals surface area contributed by atoms with Crippen molar-refractivity contribution in [2.45, 2.75) is 17.9 Å². The monoisotopic (exact) mass is 379 g/mol. The highest BCUT2D eigenvalue weighted by atomic mass is 32.2. The third kappa shape index (κ3) is 4.19. The molecule has 0 bridgehead atoms. The third-order valence-electron chi connectivity index (χ3n) is 4.49. The highest BCUT2D eigenvalue weighted by Gasteiger charge is 2.16. The first-order valence-electron chi connectivity index (χ1n) is 8.99. The van der Waals surface area contributed by atoms with Crippen LogP contribution in [0.3, 0.4) is 0 Å². The maximum absolute atomic E-state index is 12.5. The molecule has 3 aromatic rings. The second kappa shape index (κ2) is 7.92. The van der Waals surface area contributed by atoms with E-state index in [0.717, 1.165) is 17.2 Å². The van der Waals surface area contributed by atoms with Crippen LogP contribution in [-0.4, -0.2) is 24.4 Å². The van der Waals surface area contributed by atoms with E-state index in [2.05, 4.69) is 35.6 Å². The number of ether oxygens (including phenoxy) is 2. The lowest BCUT2D eigenvalue weighted by Gasteiger charge is -2.19. The molecule has 3 aromatic carbocycles. The Kier molecular flexibility index (Phi) is 5.21. The maximum atomic E-state index is 12.5. The molecule has 0 aliphatic carbocycles. The molecule has 1 aliphatic heterocycles. The molecule has 1 atom stereocenters. The Bertz CT molecular complexity index is 973. The van der Waals surface area contributed by atoms with Crippen LogP contribution < -0.4 is 14.8 Å². The predicted molar refractivity (Wildman–Crippen MR) is 111 cm³/mol.